The van der Waals surface area contributed by atoms with Gasteiger partial charge in [0, 0.05) is 25.5 Å². The van der Waals surface area contributed by atoms with Crippen molar-refractivity contribution < 1.29 is 4.74 Å². The summed E-state index contributed by atoms with van der Waals surface area (Å²) in [7, 11) is 0. The van der Waals surface area contributed by atoms with Crippen LogP contribution in [-0.2, 0) is 6.42 Å². The number of hydrogen-bond acceptors (Lipinski definition) is 4. The molecule has 4 nitrogen and oxygen atoms in total. The second kappa shape index (κ2) is 6.67. The Morgan fingerprint density at radius 3 is 2.88 bits per heavy atom. The molecule has 0 saturated carbocycles. The summed E-state index contributed by atoms with van der Waals surface area (Å²) >= 11 is 0. The summed E-state index contributed by atoms with van der Waals surface area (Å²) in [5.74, 6) is 4.67. The van der Waals surface area contributed by atoms with E-state index in [9.17, 15) is 0 Å². The summed E-state index contributed by atoms with van der Waals surface area (Å²) in [4.78, 5) is 8.59. The van der Waals surface area contributed by atoms with Gasteiger partial charge in [-0.15, -0.1) is 12.3 Å². The molecule has 0 atom stereocenters. The molecule has 86 valence electrons. The van der Waals surface area contributed by atoms with Crippen molar-refractivity contribution in [3.63, 3.8) is 0 Å². The number of ether oxygens (including phenoxy) is 1. The SMILES string of the molecule is C#CCCOc1cc(NCC)nc(CC)n1. The van der Waals surface area contributed by atoms with Crippen molar-refractivity contribution >= 4 is 5.82 Å². The van der Waals surface area contributed by atoms with Gasteiger partial charge in [-0.1, -0.05) is 6.92 Å². The highest BCUT2D eigenvalue weighted by molar-refractivity contribution is 5.38. The first-order valence-electron chi connectivity index (χ1n) is 5.48. The van der Waals surface area contributed by atoms with Gasteiger partial charge in [0.15, 0.2) is 0 Å². The van der Waals surface area contributed by atoms with E-state index in [0.717, 1.165) is 24.6 Å². The van der Waals surface area contributed by atoms with Gasteiger partial charge in [-0.25, -0.2) is 4.98 Å². The highest BCUT2D eigenvalue weighted by Gasteiger charge is 2.03. The summed E-state index contributed by atoms with van der Waals surface area (Å²) in [6, 6.07) is 1.79. The third kappa shape index (κ3) is 3.77. The predicted molar refractivity (Wildman–Crippen MR) is 64.5 cm³/mol. The molecule has 0 radical (unpaired) electrons. The maximum absolute atomic E-state index is 5.44. The van der Waals surface area contributed by atoms with Gasteiger partial charge in [0.05, 0.1) is 0 Å². The van der Waals surface area contributed by atoms with E-state index in [2.05, 4.69) is 21.2 Å². The molecule has 1 aromatic heterocycles. The number of rotatable bonds is 6. The fraction of sp³-hybridized carbons (Fsp3) is 0.500. The Morgan fingerprint density at radius 2 is 2.25 bits per heavy atom. The molecule has 16 heavy (non-hydrogen) atoms. The maximum Gasteiger partial charge on any atom is 0.218 e. The number of terminal acetylenes is 1. The Kier molecular flexibility index (Phi) is 5.13. The molecule has 0 bridgehead atoms. The third-order valence-electron chi connectivity index (χ3n) is 1.92. The molecule has 1 aromatic rings. The molecule has 4 heteroatoms. The third-order valence-corrected chi connectivity index (χ3v) is 1.92. The van der Waals surface area contributed by atoms with E-state index in [1.165, 1.54) is 0 Å². The zero-order valence-corrected chi connectivity index (χ0v) is 9.79. The van der Waals surface area contributed by atoms with Crippen LogP contribution in [0.25, 0.3) is 0 Å². The molecule has 1 rings (SSSR count). The van der Waals surface area contributed by atoms with Gasteiger partial charge in [0.25, 0.3) is 0 Å². The number of nitrogens with zero attached hydrogens (tertiary/aromatic N) is 2. The molecule has 0 aromatic carbocycles. The Hall–Kier alpha value is -1.76. The monoisotopic (exact) mass is 219 g/mol. The van der Waals surface area contributed by atoms with E-state index >= 15 is 0 Å². The first-order valence-corrected chi connectivity index (χ1v) is 5.48. The van der Waals surface area contributed by atoms with Gasteiger partial charge < -0.3 is 10.1 Å². The molecule has 0 aliphatic rings. The van der Waals surface area contributed by atoms with Crippen molar-refractivity contribution in [3.05, 3.63) is 11.9 Å². The zero-order valence-electron chi connectivity index (χ0n) is 9.79. The van der Waals surface area contributed by atoms with Gasteiger partial charge in [0.1, 0.15) is 18.2 Å². The minimum Gasteiger partial charge on any atom is -0.477 e. The lowest BCUT2D eigenvalue weighted by Gasteiger charge is -2.08. The van der Waals surface area contributed by atoms with E-state index in [1.54, 1.807) is 6.07 Å². The topological polar surface area (TPSA) is 47.0 Å². The number of aryl methyl sites for hydroxylation is 1. The van der Waals surface area contributed by atoms with Crippen molar-refractivity contribution in [3.8, 4) is 18.2 Å². The number of aromatic nitrogens is 2. The van der Waals surface area contributed by atoms with Gasteiger partial charge >= 0.3 is 0 Å². The summed E-state index contributed by atoms with van der Waals surface area (Å²) < 4.78 is 5.44. The van der Waals surface area contributed by atoms with Crippen LogP contribution >= 0.6 is 0 Å². The minimum atomic E-state index is 0.488. The van der Waals surface area contributed by atoms with Gasteiger partial charge in [-0.05, 0) is 6.92 Å². The van der Waals surface area contributed by atoms with Crippen molar-refractivity contribution in [2.75, 3.05) is 18.5 Å². The van der Waals surface area contributed by atoms with Crippen LogP contribution in [0.1, 0.15) is 26.1 Å². The Morgan fingerprint density at radius 1 is 1.44 bits per heavy atom. The molecule has 0 aliphatic carbocycles. The molecule has 0 spiro atoms. The largest absolute Gasteiger partial charge is 0.477 e. The maximum atomic E-state index is 5.44. The quantitative estimate of drug-likeness (QED) is 0.586. The average Bonchev–Trinajstić information content (AvgIpc) is 2.29. The van der Waals surface area contributed by atoms with Crippen LogP contribution < -0.4 is 10.1 Å². The number of hydrogen-bond donors (Lipinski definition) is 1. The molecule has 1 N–H and O–H groups in total. The summed E-state index contributed by atoms with van der Waals surface area (Å²) in [6.45, 7) is 5.34. The molecular weight excluding hydrogens is 202 g/mol. The second-order valence-corrected chi connectivity index (χ2v) is 3.19. The molecule has 1 heterocycles. The fourth-order valence-electron chi connectivity index (χ4n) is 1.19. The van der Waals surface area contributed by atoms with Crippen LogP contribution in [0.3, 0.4) is 0 Å². The summed E-state index contributed by atoms with van der Waals surface area (Å²) in [6.07, 6.45) is 6.52. The van der Waals surface area contributed by atoms with E-state index in [0.29, 0.717) is 18.9 Å². The standard InChI is InChI=1S/C12H17N3O/c1-4-7-8-16-12-9-11(13-6-3)14-10(5-2)15-12/h1,9H,5-8H2,2-3H3,(H,13,14,15). The minimum absolute atomic E-state index is 0.488. The first-order chi connectivity index (χ1) is 7.80. The van der Waals surface area contributed by atoms with Gasteiger partial charge in [-0.2, -0.15) is 4.98 Å². The second-order valence-electron chi connectivity index (χ2n) is 3.19. The van der Waals surface area contributed by atoms with E-state index < -0.39 is 0 Å². The lowest BCUT2D eigenvalue weighted by molar-refractivity contribution is 0.313. The molecule has 0 aliphatic heterocycles. The average molecular weight is 219 g/mol. The Bertz CT molecular complexity index is 371. The van der Waals surface area contributed by atoms with Crippen LogP contribution in [0.2, 0.25) is 0 Å². The van der Waals surface area contributed by atoms with Crippen molar-refractivity contribution in [1.82, 2.24) is 9.97 Å². The lowest BCUT2D eigenvalue weighted by atomic mass is 10.4. The number of anilines is 1. The highest BCUT2D eigenvalue weighted by atomic mass is 16.5. The molecule has 0 amide bonds. The van der Waals surface area contributed by atoms with Crippen molar-refractivity contribution in [2.45, 2.75) is 26.7 Å². The van der Waals surface area contributed by atoms with E-state index in [-0.39, 0.29) is 0 Å². The van der Waals surface area contributed by atoms with E-state index in [4.69, 9.17) is 11.2 Å². The van der Waals surface area contributed by atoms with Crippen LogP contribution in [0, 0.1) is 12.3 Å². The van der Waals surface area contributed by atoms with Crippen molar-refractivity contribution in [2.24, 2.45) is 0 Å². The molecule has 0 fully saturated rings. The highest BCUT2D eigenvalue weighted by Crippen LogP contribution is 2.13. The molecule has 0 saturated heterocycles. The molecule has 0 unspecified atom stereocenters. The first kappa shape index (κ1) is 12.3. The Balaban J connectivity index is 2.74. The van der Waals surface area contributed by atoms with Gasteiger partial charge in [-0.3, -0.25) is 0 Å². The van der Waals surface area contributed by atoms with Crippen LogP contribution in [0.5, 0.6) is 5.88 Å². The predicted octanol–water partition coefficient (Wildman–Crippen LogP) is 1.87. The number of nitrogens with one attached hydrogen (secondary N) is 1. The van der Waals surface area contributed by atoms with Crippen LogP contribution in [0.4, 0.5) is 5.82 Å². The molecular formula is C12H17N3O. The summed E-state index contributed by atoms with van der Waals surface area (Å²) in [5, 5.41) is 3.14. The van der Waals surface area contributed by atoms with Crippen LogP contribution in [-0.4, -0.2) is 23.1 Å². The summed E-state index contributed by atoms with van der Waals surface area (Å²) in [5.41, 5.74) is 0. The smallest absolute Gasteiger partial charge is 0.218 e. The van der Waals surface area contributed by atoms with Crippen molar-refractivity contribution in [1.29, 1.82) is 0 Å². The van der Waals surface area contributed by atoms with Gasteiger partial charge in [0.2, 0.25) is 5.88 Å². The van der Waals surface area contributed by atoms with Crippen LogP contribution in [0.15, 0.2) is 6.07 Å². The lowest BCUT2D eigenvalue weighted by Crippen LogP contribution is -2.06. The zero-order chi connectivity index (χ0) is 11.8. The normalized spacial score (nSPS) is 9.56. The Labute approximate surface area is 96.5 Å². The fourth-order valence-corrected chi connectivity index (χ4v) is 1.19. The van der Waals surface area contributed by atoms with E-state index in [1.807, 2.05) is 13.8 Å².